The van der Waals surface area contributed by atoms with Gasteiger partial charge < -0.3 is 4.90 Å². The molecule has 1 heterocycles. The van der Waals surface area contributed by atoms with E-state index in [9.17, 15) is 0 Å². The number of halogens is 1. The quantitative estimate of drug-likeness (QED) is 0.801. The summed E-state index contributed by atoms with van der Waals surface area (Å²) in [5, 5.41) is 2.15. The second-order valence-corrected chi connectivity index (χ2v) is 7.14. The third-order valence-corrected chi connectivity index (χ3v) is 5.76. The first-order chi connectivity index (χ1) is 7.63. The molecule has 1 nitrogen and oxygen atoms in total. The summed E-state index contributed by atoms with van der Waals surface area (Å²) < 4.78 is 1.20. The molecule has 1 fully saturated rings. The van der Waals surface area contributed by atoms with Gasteiger partial charge in [0.15, 0.2) is 0 Å². The Labute approximate surface area is 116 Å². The van der Waals surface area contributed by atoms with E-state index in [0.29, 0.717) is 5.41 Å². The fourth-order valence-corrected chi connectivity index (χ4v) is 4.32. The van der Waals surface area contributed by atoms with E-state index in [1.54, 1.807) is 0 Å². The van der Waals surface area contributed by atoms with Gasteiger partial charge in [-0.25, -0.2) is 0 Å². The summed E-state index contributed by atoms with van der Waals surface area (Å²) in [5.74, 6) is 1.03. The van der Waals surface area contributed by atoms with Crippen LogP contribution >= 0.6 is 39.9 Å². The lowest BCUT2D eigenvalue weighted by molar-refractivity contribution is 0.102. The average Bonchev–Trinajstić information content (AvgIpc) is 2.57. The predicted molar refractivity (Wildman–Crippen MR) is 78.5 cm³/mol. The predicted octanol–water partition coefficient (Wildman–Crippen LogP) is 4.04. The number of hydrogen-bond acceptors (Lipinski definition) is 3. The van der Waals surface area contributed by atoms with E-state index in [-0.39, 0.29) is 0 Å². The van der Waals surface area contributed by atoms with Crippen molar-refractivity contribution < 1.29 is 0 Å². The molecule has 0 aliphatic heterocycles. The van der Waals surface area contributed by atoms with Crippen molar-refractivity contribution in [1.82, 2.24) is 4.90 Å². The van der Waals surface area contributed by atoms with Gasteiger partial charge in [-0.15, -0.1) is 11.3 Å². The first-order valence-corrected chi connectivity index (χ1v) is 7.96. The summed E-state index contributed by atoms with van der Waals surface area (Å²) in [4.78, 5) is 3.87. The first kappa shape index (κ1) is 12.9. The summed E-state index contributed by atoms with van der Waals surface area (Å²) in [6, 6.07) is 2.22. The molecule has 16 heavy (non-hydrogen) atoms. The molecule has 1 aliphatic rings. The molecule has 0 N–H and O–H groups in total. The highest BCUT2D eigenvalue weighted by atomic mass is 79.9. The van der Waals surface area contributed by atoms with E-state index in [4.69, 9.17) is 0 Å². The van der Waals surface area contributed by atoms with Crippen molar-refractivity contribution in [3.05, 3.63) is 20.8 Å². The monoisotopic (exact) mass is 319 g/mol. The largest absolute Gasteiger partial charge is 0.301 e. The second-order valence-electron chi connectivity index (χ2n) is 4.92. The zero-order chi connectivity index (χ0) is 11.6. The van der Waals surface area contributed by atoms with Gasteiger partial charge in [0.1, 0.15) is 0 Å². The summed E-state index contributed by atoms with van der Waals surface area (Å²) in [7, 11) is 2.22. The van der Waals surface area contributed by atoms with Crippen molar-refractivity contribution in [2.75, 3.05) is 19.3 Å². The Balaban J connectivity index is 1.86. The van der Waals surface area contributed by atoms with Gasteiger partial charge in [0.05, 0.1) is 0 Å². The molecule has 0 amide bonds. The minimum Gasteiger partial charge on any atom is -0.301 e. The maximum Gasteiger partial charge on any atom is 0.0325 e. The molecule has 1 aromatic heterocycles. The summed E-state index contributed by atoms with van der Waals surface area (Å²) in [6.07, 6.45) is 4.10. The van der Waals surface area contributed by atoms with Crippen molar-refractivity contribution in [2.45, 2.75) is 25.8 Å². The van der Waals surface area contributed by atoms with Gasteiger partial charge in [0, 0.05) is 27.8 Å². The molecular formula is C12H18BrNS2. The van der Waals surface area contributed by atoms with Crippen LogP contribution in [-0.2, 0) is 6.54 Å². The van der Waals surface area contributed by atoms with Crippen molar-refractivity contribution in [1.29, 1.82) is 0 Å². The zero-order valence-corrected chi connectivity index (χ0v) is 12.9. The topological polar surface area (TPSA) is 3.24 Å². The van der Waals surface area contributed by atoms with E-state index in [0.717, 1.165) is 12.3 Å². The van der Waals surface area contributed by atoms with Crippen molar-refractivity contribution in [3.63, 3.8) is 0 Å². The molecule has 0 radical (unpaired) electrons. The molecule has 90 valence electrons. The average molecular weight is 320 g/mol. The Morgan fingerprint density at radius 1 is 1.56 bits per heavy atom. The maximum absolute atomic E-state index is 4.51. The summed E-state index contributed by atoms with van der Waals surface area (Å²) >= 11 is 9.84. The molecule has 0 aromatic carbocycles. The van der Waals surface area contributed by atoms with E-state index < -0.39 is 0 Å². The molecule has 0 saturated heterocycles. The van der Waals surface area contributed by atoms with Gasteiger partial charge in [-0.05, 0) is 53.1 Å². The third-order valence-electron chi connectivity index (χ3n) is 3.40. The van der Waals surface area contributed by atoms with Crippen LogP contribution in [-0.4, -0.2) is 24.2 Å². The summed E-state index contributed by atoms with van der Waals surface area (Å²) in [6.45, 7) is 2.25. The standard InChI is InChI=1S/C12H18BrNS2/c1-14(6-11-5-10(13)7-16-11)8-12(9-15)3-2-4-12/h5,7,15H,2-4,6,8-9H2,1H3. The molecule has 0 bridgehead atoms. The normalized spacial score (nSPS) is 18.8. The zero-order valence-electron chi connectivity index (χ0n) is 9.58. The minimum absolute atomic E-state index is 0.506. The lowest BCUT2D eigenvalue weighted by atomic mass is 9.70. The Hall–Kier alpha value is 0.490. The summed E-state index contributed by atoms with van der Waals surface area (Å²) in [5.41, 5.74) is 0.506. The highest BCUT2D eigenvalue weighted by Gasteiger charge is 2.36. The van der Waals surface area contributed by atoms with Crippen LogP contribution in [0.1, 0.15) is 24.1 Å². The van der Waals surface area contributed by atoms with E-state index in [2.05, 4.69) is 52.0 Å². The van der Waals surface area contributed by atoms with Crippen LogP contribution in [0.5, 0.6) is 0 Å². The molecule has 0 atom stereocenters. The highest BCUT2D eigenvalue weighted by molar-refractivity contribution is 9.10. The van der Waals surface area contributed by atoms with Crippen molar-refractivity contribution in [2.24, 2.45) is 5.41 Å². The number of rotatable bonds is 5. The van der Waals surface area contributed by atoms with Gasteiger partial charge in [0.2, 0.25) is 0 Å². The lowest BCUT2D eigenvalue weighted by Crippen LogP contribution is -2.41. The van der Waals surface area contributed by atoms with E-state index >= 15 is 0 Å². The number of thiol groups is 1. The molecule has 4 heteroatoms. The van der Waals surface area contributed by atoms with Crippen LogP contribution in [0.15, 0.2) is 15.9 Å². The molecule has 1 aromatic rings. The van der Waals surface area contributed by atoms with Gasteiger partial charge in [-0.2, -0.15) is 12.6 Å². The molecule has 2 rings (SSSR count). The van der Waals surface area contributed by atoms with Crippen LogP contribution < -0.4 is 0 Å². The highest BCUT2D eigenvalue weighted by Crippen LogP contribution is 2.42. The van der Waals surface area contributed by atoms with Gasteiger partial charge >= 0.3 is 0 Å². The molecule has 0 spiro atoms. The number of hydrogen-bond donors (Lipinski definition) is 1. The maximum atomic E-state index is 4.51. The molecule has 1 saturated carbocycles. The molecule has 0 unspecified atom stereocenters. The molecular weight excluding hydrogens is 302 g/mol. The SMILES string of the molecule is CN(Cc1cc(Br)cs1)CC1(CS)CCC1. The van der Waals surface area contributed by atoms with Crippen LogP contribution in [0.2, 0.25) is 0 Å². The van der Waals surface area contributed by atoms with Crippen molar-refractivity contribution in [3.8, 4) is 0 Å². The van der Waals surface area contributed by atoms with Crippen LogP contribution in [0.3, 0.4) is 0 Å². The van der Waals surface area contributed by atoms with Gasteiger partial charge in [-0.3, -0.25) is 0 Å². The minimum atomic E-state index is 0.506. The van der Waals surface area contributed by atoms with Crippen molar-refractivity contribution >= 4 is 39.9 Å². The van der Waals surface area contributed by atoms with Gasteiger partial charge in [-0.1, -0.05) is 6.42 Å². The van der Waals surface area contributed by atoms with Crippen LogP contribution in [0.25, 0.3) is 0 Å². The fraction of sp³-hybridized carbons (Fsp3) is 0.667. The Bertz CT molecular complexity index is 341. The van der Waals surface area contributed by atoms with Crippen LogP contribution in [0, 0.1) is 5.41 Å². The van der Waals surface area contributed by atoms with Gasteiger partial charge in [0.25, 0.3) is 0 Å². The van der Waals surface area contributed by atoms with Crippen LogP contribution in [0.4, 0.5) is 0 Å². The fourth-order valence-electron chi connectivity index (χ4n) is 2.37. The Morgan fingerprint density at radius 2 is 2.31 bits per heavy atom. The second kappa shape index (κ2) is 5.42. The third kappa shape index (κ3) is 3.03. The first-order valence-electron chi connectivity index (χ1n) is 5.66. The number of nitrogens with zero attached hydrogens (tertiary/aromatic N) is 1. The molecule has 1 aliphatic carbocycles. The van der Waals surface area contributed by atoms with E-state index in [1.165, 1.54) is 35.2 Å². The Morgan fingerprint density at radius 3 is 2.75 bits per heavy atom. The smallest absolute Gasteiger partial charge is 0.0325 e. The lowest BCUT2D eigenvalue weighted by Gasteiger charge is -2.43. The Kier molecular flexibility index (Phi) is 4.38. The number of thiophene rings is 1. The van der Waals surface area contributed by atoms with E-state index in [1.807, 2.05) is 11.3 Å².